The summed E-state index contributed by atoms with van der Waals surface area (Å²) in [6.07, 6.45) is 5.79. The van der Waals surface area contributed by atoms with Crippen LogP contribution in [0.25, 0.3) is 0 Å². The van der Waals surface area contributed by atoms with E-state index >= 15 is 0 Å². The highest BCUT2D eigenvalue weighted by Crippen LogP contribution is 2.17. The molecule has 0 bridgehead atoms. The lowest BCUT2D eigenvalue weighted by molar-refractivity contribution is -0.116. The van der Waals surface area contributed by atoms with Gasteiger partial charge in [0.25, 0.3) is 0 Å². The summed E-state index contributed by atoms with van der Waals surface area (Å²) in [6.45, 7) is 9.40. The molecule has 2 nitrogen and oxygen atoms in total. The minimum Gasteiger partial charge on any atom is -0.326 e. The smallest absolute Gasteiger partial charge is 0.224 e. The van der Waals surface area contributed by atoms with Gasteiger partial charge in [-0.25, -0.2) is 0 Å². The van der Waals surface area contributed by atoms with E-state index < -0.39 is 0 Å². The minimum absolute atomic E-state index is 0.00510. The molecule has 0 aromatic heterocycles. The van der Waals surface area contributed by atoms with Gasteiger partial charge < -0.3 is 5.32 Å². The van der Waals surface area contributed by atoms with E-state index in [-0.39, 0.29) is 11.8 Å². The number of carbonyl (C=O) groups excluding carboxylic acids is 1. The molecule has 1 aromatic rings. The Labute approximate surface area is 109 Å². The number of anilines is 1. The number of hydrogen-bond acceptors (Lipinski definition) is 1. The zero-order valence-electron chi connectivity index (χ0n) is 10.7. The summed E-state index contributed by atoms with van der Waals surface area (Å²) in [4.78, 5) is 11.8. The first kappa shape index (κ1) is 14.0. The summed E-state index contributed by atoms with van der Waals surface area (Å²) in [5, 5.41) is 2.87. The van der Waals surface area contributed by atoms with Gasteiger partial charge in [0, 0.05) is 12.1 Å². The minimum atomic E-state index is 0.00510. The van der Waals surface area contributed by atoms with E-state index in [0.29, 0.717) is 6.42 Å². The molecule has 1 unspecified atom stereocenters. The highest BCUT2D eigenvalue weighted by molar-refractivity contribution is 5.91. The fourth-order valence-electron chi connectivity index (χ4n) is 1.70. The SMILES string of the molecule is C=C/C=C(\C=C)C(C)CC(=O)Nc1ccccc1. The van der Waals surface area contributed by atoms with Crippen molar-refractivity contribution in [2.45, 2.75) is 13.3 Å². The van der Waals surface area contributed by atoms with Crippen LogP contribution in [0.3, 0.4) is 0 Å². The van der Waals surface area contributed by atoms with Crippen LogP contribution in [0.15, 0.2) is 67.3 Å². The summed E-state index contributed by atoms with van der Waals surface area (Å²) >= 11 is 0. The Balaban J connectivity index is 2.57. The van der Waals surface area contributed by atoms with Crippen LogP contribution in [0.4, 0.5) is 5.69 Å². The molecule has 0 aliphatic rings. The van der Waals surface area contributed by atoms with E-state index in [4.69, 9.17) is 0 Å². The van der Waals surface area contributed by atoms with Gasteiger partial charge >= 0.3 is 0 Å². The predicted octanol–water partition coefficient (Wildman–Crippen LogP) is 3.95. The lowest BCUT2D eigenvalue weighted by Crippen LogP contribution is -2.15. The first-order chi connectivity index (χ1) is 8.67. The number of amides is 1. The molecule has 0 saturated carbocycles. The van der Waals surface area contributed by atoms with Crippen LogP contribution >= 0.6 is 0 Å². The lowest BCUT2D eigenvalue weighted by atomic mass is 9.97. The van der Waals surface area contributed by atoms with Gasteiger partial charge in [-0.2, -0.15) is 0 Å². The third-order valence-corrected chi connectivity index (χ3v) is 2.66. The maximum absolute atomic E-state index is 11.8. The molecule has 18 heavy (non-hydrogen) atoms. The van der Waals surface area contributed by atoms with Crippen LogP contribution in [-0.2, 0) is 4.79 Å². The second kappa shape index (κ2) is 7.28. The Morgan fingerprint density at radius 2 is 2.00 bits per heavy atom. The quantitative estimate of drug-likeness (QED) is 0.751. The van der Waals surface area contributed by atoms with Gasteiger partial charge in [-0.05, 0) is 23.6 Å². The largest absolute Gasteiger partial charge is 0.326 e. The molecule has 94 valence electrons. The topological polar surface area (TPSA) is 29.1 Å². The number of para-hydroxylation sites is 1. The zero-order valence-corrected chi connectivity index (χ0v) is 10.7. The molecule has 0 heterocycles. The van der Waals surface area contributed by atoms with Crippen molar-refractivity contribution in [1.82, 2.24) is 0 Å². The first-order valence-corrected chi connectivity index (χ1v) is 5.97. The average Bonchev–Trinajstić information content (AvgIpc) is 2.36. The first-order valence-electron chi connectivity index (χ1n) is 5.97. The molecule has 1 amide bonds. The highest BCUT2D eigenvalue weighted by Gasteiger charge is 2.11. The second-order valence-corrected chi connectivity index (χ2v) is 4.13. The Kier molecular flexibility index (Phi) is 5.65. The second-order valence-electron chi connectivity index (χ2n) is 4.13. The van der Waals surface area contributed by atoms with Gasteiger partial charge in [0.1, 0.15) is 0 Å². The maximum atomic E-state index is 11.8. The van der Waals surface area contributed by atoms with Crippen LogP contribution < -0.4 is 5.32 Å². The normalized spacial score (nSPS) is 12.6. The third-order valence-electron chi connectivity index (χ3n) is 2.66. The van der Waals surface area contributed by atoms with Crippen LogP contribution in [0.1, 0.15) is 13.3 Å². The van der Waals surface area contributed by atoms with Crippen molar-refractivity contribution in [3.8, 4) is 0 Å². The van der Waals surface area contributed by atoms with E-state index in [1.54, 1.807) is 12.2 Å². The van der Waals surface area contributed by atoms with Gasteiger partial charge in [-0.3, -0.25) is 4.79 Å². The summed E-state index contributed by atoms with van der Waals surface area (Å²) < 4.78 is 0. The van der Waals surface area contributed by atoms with E-state index in [1.165, 1.54) is 0 Å². The van der Waals surface area contributed by atoms with Crippen molar-refractivity contribution >= 4 is 11.6 Å². The molecule has 0 aliphatic carbocycles. The van der Waals surface area contributed by atoms with Crippen LogP contribution in [0.2, 0.25) is 0 Å². The molecule has 0 aliphatic heterocycles. The molecule has 0 saturated heterocycles. The fraction of sp³-hybridized carbons (Fsp3) is 0.188. The van der Waals surface area contributed by atoms with Gasteiger partial charge in [-0.15, -0.1) is 0 Å². The van der Waals surface area contributed by atoms with Crippen LogP contribution in [0, 0.1) is 5.92 Å². The number of rotatable bonds is 6. The Hall–Kier alpha value is -2.09. The Morgan fingerprint density at radius 3 is 2.56 bits per heavy atom. The van der Waals surface area contributed by atoms with E-state index in [0.717, 1.165) is 11.3 Å². The molecule has 0 fully saturated rings. The van der Waals surface area contributed by atoms with Gasteiger partial charge in [0.05, 0.1) is 0 Å². The molecule has 1 aromatic carbocycles. The summed E-state index contributed by atoms with van der Waals surface area (Å²) in [7, 11) is 0. The summed E-state index contributed by atoms with van der Waals surface area (Å²) in [6, 6.07) is 9.45. The summed E-state index contributed by atoms with van der Waals surface area (Å²) in [5.41, 5.74) is 1.84. The molecule has 1 atom stereocenters. The molecular formula is C16H19NO. The molecule has 1 N–H and O–H groups in total. The molecule has 0 radical (unpaired) electrons. The number of hydrogen-bond donors (Lipinski definition) is 1. The van der Waals surface area contributed by atoms with Gasteiger partial charge in [0.2, 0.25) is 5.91 Å². The molecular weight excluding hydrogens is 222 g/mol. The molecule has 2 heteroatoms. The number of nitrogens with one attached hydrogen (secondary N) is 1. The van der Waals surface area contributed by atoms with E-state index in [9.17, 15) is 4.79 Å². The maximum Gasteiger partial charge on any atom is 0.224 e. The molecule has 1 rings (SSSR count). The standard InChI is InChI=1S/C16H19NO/c1-4-9-14(5-2)13(3)12-16(18)17-15-10-7-6-8-11-15/h4-11,13H,1-2,12H2,3H3,(H,17,18)/b14-9+. The summed E-state index contributed by atoms with van der Waals surface area (Å²) in [5.74, 6) is 0.134. The number of allylic oxidation sites excluding steroid dienone is 4. The zero-order chi connectivity index (χ0) is 13.4. The van der Waals surface area contributed by atoms with E-state index in [2.05, 4.69) is 18.5 Å². The average molecular weight is 241 g/mol. The number of benzene rings is 1. The number of carbonyl (C=O) groups is 1. The van der Waals surface area contributed by atoms with Gasteiger partial charge in [-0.1, -0.05) is 56.5 Å². The van der Waals surface area contributed by atoms with E-state index in [1.807, 2.05) is 43.3 Å². The fourth-order valence-corrected chi connectivity index (χ4v) is 1.70. The van der Waals surface area contributed by atoms with Gasteiger partial charge in [0.15, 0.2) is 0 Å². The highest BCUT2D eigenvalue weighted by atomic mass is 16.1. The van der Waals surface area contributed by atoms with Crippen molar-refractivity contribution < 1.29 is 4.79 Å². The monoisotopic (exact) mass is 241 g/mol. The Morgan fingerprint density at radius 1 is 1.33 bits per heavy atom. The van der Waals surface area contributed by atoms with Crippen molar-refractivity contribution in [3.63, 3.8) is 0 Å². The lowest BCUT2D eigenvalue weighted by Gasteiger charge is -2.12. The Bertz CT molecular complexity index is 445. The van der Waals surface area contributed by atoms with Crippen LogP contribution in [0.5, 0.6) is 0 Å². The third kappa shape index (κ3) is 4.42. The van der Waals surface area contributed by atoms with Crippen molar-refractivity contribution in [1.29, 1.82) is 0 Å². The molecule has 0 spiro atoms. The van der Waals surface area contributed by atoms with Crippen LogP contribution in [-0.4, -0.2) is 5.91 Å². The van der Waals surface area contributed by atoms with Crippen molar-refractivity contribution in [2.24, 2.45) is 5.92 Å². The predicted molar refractivity (Wildman–Crippen MR) is 77.3 cm³/mol. The van der Waals surface area contributed by atoms with Crippen molar-refractivity contribution in [3.05, 3.63) is 67.3 Å². The van der Waals surface area contributed by atoms with Crippen molar-refractivity contribution in [2.75, 3.05) is 5.32 Å².